The molecule has 0 atom stereocenters. The maximum Gasteiger partial charge on any atom is 0.256 e. The first kappa shape index (κ1) is 13.9. The SMILES string of the molecule is Cc1ccc(Cl)cc1NC(=O)c1cccc(N)c1Br. The number of rotatable bonds is 2. The normalized spacial score (nSPS) is 10.3. The van der Waals surface area contributed by atoms with Gasteiger partial charge >= 0.3 is 0 Å². The van der Waals surface area contributed by atoms with Gasteiger partial charge in [-0.05, 0) is 52.7 Å². The van der Waals surface area contributed by atoms with Gasteiger partial charge in [-0.3, -0.25) is 4.79 Å². The second-order valence-corrected chi connectivity index (χ2v) is 5.35. The first-order valence-electron chi connectivity index (χ1n) is 5.60. The summed E-state index contributed by atoms with van der Waals surface area (Å²) < 4.78 is 0.590. The third-order valence-electron chi connectivity index (χ3n) is 2.72. The highest BCUT2D eigenvalue weighted by molar-refractivity contribution is 9.10. The Morgan fingerprint density at radius 1 is 1.32 bits per heavy atom. The number of amides is 1. The maximum atomic E-state index is 12.2. The van der Waals surface area contributed by atoms with Crippen molar-refractivity contribution in [2.24, 2.45) is 0 Å². The van der Waals surface area contributed by atoms with Gasteiger partial charge in [-0.25, -0.2) is 0 Å². The largest absolute Gasteiger partial charge is 0.398 e. The molecule has 0 saturated carbocycles. The summed E-state index contributed by atoms with van der Waals surface area (Å²) in [6, 6.07) is 10.5. The van der Waals surface area contributed by atoms with Gasteiger partial charge in [-0.2, -0.15) is 0 Å². The molecule has 0 fully saturated rings. The highest BCUT2D eigenvalue weighted by Gasteiger charge is 2.13. The van der Waals surface area contributed by atoms with E-state index in [0.29, 0.717) is 26.4 Å². The molecule has 0 saturated heterocycles. The number of anilines is 2. The van der Waals surface area contributed by atoms with Gasteiger partial charge in [0.2, 0.25) is 0 Å². The van der Waals surface area contributed by atoms with E-state index in [9.17, 15) is 4.79 Å². The van der Waals surface area contributed by atoms with Crippen LogP contribution in [0.3, 0.4) is 0 Å². The van der Waals surface area contributed by atoms with Gasteiger partial charge in [-0.15, -0.1) is 0 Å². The number of carbonyl (C=O) groups is 1. The lowest BCUT2D eigenvalue weighted by Crippen LogP contribution is -2.14. The number of benzene rings is 2. The van der Waals surface area contributed by atoms with Crippen LogP contribution in [0.4, 0.5) is 11.4 Å². The Bertz CT molecular complexity index is 643. The van der Waals surface area contributed by atoms with Gasteiger partial charge in [0, 0.05) is 16.4 Å². The lowest BCUT2D eigenvalue weighted by Gasteiger charge is -2.10. The molecule has 2 rings (SSSR count). The molecule has 5 heteroatoms. The first-order chi connectivity index (χ1) is 8.99. The summed E-state index contributed by atoms with van der Waals surface area (Å²) >= 11 is 9.24. The highest BCUT2D eigenvalue weighted by atomic mass is 79.9. The van der Waals surface area contributed by atoms with Gasteiger partial charge in [0.15, 0.2) is 0 Å². The lowest BCUT2D eigenvalue weighted by atomic mass is 10.1. The summed E-state index contributed by atoms with van der Waals surface area (Å²) in [4.78, 5) is 12.2. The average Bonchev–Trinajstić information content (AvgIpc) is 2.37. The fourth-order valence-corrected chi connectivity index (χ4v) is 2.26. The molecule has 0 aliphatic rings. The van der Waals surface area contributed by atoms with E-state index in [1.807, 2.05) is 13.0 Å². The summed E-state index contributed by atoms with van der Waals surface area (Å²) in [6.45, 7) is 1.90. The van der Waals surface area contributed by atoms with Gasteiger partial charge < -0.3 is 11.1 Å². The Balaban J connectivity index is 2.31. The minimum absolute atomic E-state index is 0.232. The van der Waals surface area contributed by atoms with E-state index in [1.54, 1.807) is 30.3 Å². The summed E-state index contributed by atoms with van der Waals surface area (Å²) in [7, 11) is 0. The summed E-state index contributed by atoms with van der Waals surface area (Å²) in [5.74, 6) is -0.232. The van der Waals surface area contributed by atoms with Crippen LogP contribution >= 0.6 is 27.5 Å². The van der Waals surface area contributed by atoms with Crippen molar-refractivity contribution in [1.82, 2.24) is 0 Å². The average molecular weight is 340 g/mol. The Kier molecular flexibility index (Phi) is 4.12. The molecule has 98 valence electrons. The fraction of sp³-hybridized carbons (Fsp3) is 0.0714. The lowest BCUT2D eigenvalue weighted by molar-refractivity contribution is 0.102. The van der Waals surface area contributed by atoms with Crippen molar-refractivity contribution >= 4 is 44.8 Å². The number of nitrogens with one attached hydrogen (secondary N) is 1. The number of hydrogen-bond donors (Lipinski definition) is 2. The van der Waals surface area contributed by atoms with Crippen molar-refractivity contribution in [2.75, 3.05) is 11.1 Å². The summed E-state index contributed by atoms with van der Waals surface area (Å²) in [5.41, 5.74) is 8.40. The molecule has 0 aliphatic heterocycles. The number of hydrogen-bond acceptors (Lipinski definition) is 2. The Labute approximate surface area is 124 Å². The zero-order valence-electron chi connectivity index (χ0n) is 10.2. The predicted octanol–water partition coefficient (Wildman–Crippen LogP) is 4.25. The molecular formula is C14H12BrClN2O. The topological polar surface area (TPSA) is 55.1 Å². The molecule has 0 aliphatic carbocycles. The number of aryl methyl sites for hydroxylation is 1. The molecule has 2 aromatic rings. The second kappa shape index (κ2) is 5.63. The molecule has 0 spiro atoms. The monoisotopic (exact) mass is 338 g/mol. The third kappa shape index (κ3) is 3.08. The van der Waals surface area contributed by atoms with E-state index in [4.69, 9.17) is 17.3 Å². The number of nitrogen functional groups attached to an aromatic ring is 1. The van der Waals surface area contributed by atoms with Crippen LogP contribution in [0.5, 0.6) is 0 Å². The van der Waals surface area contributed by atoms with Crippen LogP contribution in [0.15, 0.2) is 40.9 Å². The van der Waals surface area contributed by atoms with E-state index in [1.165, 1.54) is 0 Å². The van der Waals surface area contributed by atoms with Gasteiger partial charge in [0.05, 0.1) is 10.0 Å². The van der Waals surface area contributed by atoms with Crippen molar-refractivity contribution in [2.45, 2.75) is 6.92 Å². The molecule has 0 aromatic heterocycles. The van der Waals surface area contributed by atoms with Crippen molar-refractivity contribution < 1.29 is 4.79 Å². The van der Waals surface area contributed by atoms with Gasteiger partial charge in [-0.1, -0.05) is 23.7 Å². The molecule has 19 heavy (non-hydrogen) atoms. The van der Waals surface area contributed by atoms with Crippen LogP contribution in [0.1, 0.15) is 15.9 Å². The van der Waals surface area contributed by atoms with Crippen LogP contribution in [-0.4, -0.2) is 5.91 Å². The molecule has 0 bridgehead atoms. The molecule has 3 nitrogen and oxygen atoms in total. The number of carbonyl (C=O) groups excluding carboxylic acids is 1. The Morgan fingerprint density at radius 2 is 2.05 bits per heavy atom. The van der Waals surface area contributed by atoms with Crippen molar-refractivity contribution in [3.8, 4) is 0 Å². The van der Waals surface area contributed by atoms with E-state index < -0.39 is 0 Å². The highest BCUT2D eigenvalue weighted by Crippen LogP contribution is 2.26. The van der Waals surface area contributed by atoms with Gasteiger partial charge in [0.1, 0.15) is 0 Å². The smallest absolute Gasteiger partial charge is 0.256 e. The molecule has 0 radical (unpaired) electrons. The summed E-state index contributed by atoms with van der Waals surface area (Å²) in [6.07, 6.45) is 0. The van der Waals surface area contributed by atoms with Crippen molar-refractivity contribution in [3.63, 3.8) is 0 Å². The van der Waals surface area contributed by atoms with Crippen LogP contribution in [0, 0.1) is 6.92 Å². The van der Waals surface area contributed by atoms with Crippen LogP contribution in [0.2, 0.25) is 5.02 Å². The molecule has 0 heterocycles. The third-order valence-corrected chi connectivity index (χ3v) is 3.84. The first-order valence-corrected chi connectivity index (χ1v) is 6.77. The molecule has 3 N–H and O–H groups in total. The number of halogens is 2. The van der Waals surface area contributed by atoms with Crippen LogP contribution in [-0.2, 0) is 0 Å². The summed E-state index contributed by atoms with van der Waals surface area (Å²) in [5, 5.41) is 3.40. The predicted molar refractivity (Wildman–Crippen MR) is 82.7 cm³/mol. The minimum atomic E-state index is -0.232. The number of nitrogens with two attached hydrogens (primary N) is 1. The second-order valence-electron chi connectivity index (χ2n) is 4.12. The fourth-order valence-electron chi connectivity index (χ4n) is 1.64. The van der Waals surface area contributed by atoms with E-state index in [-0.39, 0.29) is 5.91 Å². The quantitative estimate of drug-likeness (QED) is 0.804. The van der Waals surface area contributed by atoms with E-state index in [0.717, 1.165) is 5.56 Å². The van der Waals surface area contributed by atoms with E-state index in [2.05, 4.69) is 21.2 Å². The van der Waals surface area contributed by atoms with Gasteiger partial charge in [0.25, 0.3) is 5.91 Å². The van der Waals surface area contributed by atoms with Crippen LogP contribution in [0.25, 0.3) is 0 Å². The zero-order valence-corrected chi connectivity index (χ0v) is 12.5. The van der Waals surface area contributed by atoms with Crippen molar-refractivity contribution in [1.29, 1.82) is 0 Å². The minimum Gasteiger partial charge on any atom is -0.398 e. The van der Waals surface area contributed by atoms with E-state index >= 15 is 0 Å². The molecule has 1 amide bonds. The Hall–Kier alpha value is -1.52. The molecule has 2 aromatic carbocycles. The van der Waals surface area contributed by atoms with Crippen molar-refractivity contribution in [3.05, 3.63) is 57.0 Å². The maximum absolute atomic E-state index is 12.2. The van der Waals surface area contributed by atoms with Crippen LogP contribution < -0.4 is 11.1 Å². The zero-order chi connectivity index (χ0) is 14.0. The Morgan fingerprint density at radius 3 is 2.79 bits per heavy atom. The standard InChI is InChI=1S/C14H12BrClN2O/c1-8-5-6-9(16)7-12(8)18-14(19)10-3-2-4-11(17)13(10)15/h2-7H,17H2,1H3,(H,18,19). The molecule has 0 unspecified atom stereocenters. The molecular weight excluding hydrogens is 328 g/mol.